The maximum absolute atomic E-state index is 11.7. The second-order valence-corrected chi connectivity index (χ2v) is 0.940. The van der Waals surface area contributed by atoms with Gasteiger partial charge in [-0.25, -0.2) is 4.63 Å². The molecule has 1 aromatic rings. The van der Waals surface area contributed by atoms with Gasteiger partial charge in [-0.05, 0) is 10.3 Å². The lowest BCUT2D eigenvalue weighted by atomic mass is 10.8. The van der Waals surface area contributed by atoms with Crippen LogP contribution in [0.25, 0.3) is 0 Å². The van der Waals surface area contributed by atoms with E-state index in [1.165, 1.54) is 0 Å². The first-order valence-corrected chi connectivity index (χ1v) is 1.54. The minimum atomic E-state index is -0.861. The van der Waals surface area contributed by atoms with Gasteiger partial charge in [0.25, 0.3) is 5.95 Å². The topological polar surface area (TPSA) is 64.9 Å². The summed E-state index contributed by atoms with van der Waals surface area (Å²) in [6.07, 6.45) is 0. The molecule has 2 N–H and O–H groups in total. The molecule has 7 heavy (non-hydrogen) atoms. The second kappa shape index (κ2) is 1.18. The van der Waals surface area contributed by atoms with E-state index < -0.39 is 5.95 Å². The molecule has 4 nitrogen and oxygen atoms in total. The van der Waals surface area contributed by atoms with Gasteiger partial charge in [-0.3, -0.25) is 0 Å². The van der Waals surface area contributed by atoms with E-state index in [4.69, 9.17) is 5.73 Å². The lowest BCUT2D eigenvalue weighted by Crippen LogP contribution is -1.86. The zero-order chi connectivity index (χ0) is 5.28. The van der Waals surface area contributed by atoms with Gasteiger partial charge in [0.05, 0.1) is 0 Å². The Hall–Kier alpha value is -1.13. The van der Waals surface area contributed by atoms with E-state index in [1.807, 2.05) is 0 Å². The van der Waals surface area contributed by atoms with E-state index in [9.17, 15) is 4.39 Å². The van der Waals surface area contributed by atoms with Crippen molar-refractivity contribution >= 4 is 5.82 Å². The number of hydrogen-bond acceptors (Lipinski definition) is 4. The number of nitrogen functional groups attached to an aromatic ring is 1. The molecule has 0 amide bonds. The van der Waals surface area contributed by atoms with Gasteiger partial charge in [-0.2, -0.15) is 4.39 Å². The van der Waals surface area contributed by atoms with E-state index in [-0.39, 0.29) is 5.82 Å². The Morgan fingerprint density at radius 3 is 2.43 bits per heavy atom. The molecule has 0 atom stereocenters. The summed E-state index contributed by atoms with van der Waals surface area (Å²) in [6, 6.07) is 0. The molecule has 0 spiro atoms. The van der Waals surface area contributed by atoms with Crippen molar-refractivity contribution in [3.8, 4) is 0 Å². The zero-order valence-electron chi connectivity index (χ0n) is 3.26. The first kappa shape index (κ1) is 4.04. The van der Waals surface area contributed by atoms with Crippen LogP contribution in [0.1, 0.15) is 0 Å². The summed E-state index contributed by atoms with van der Waals surface area (Å²) in [6.45, 7) is 0. The molecule has 1 aromatic heterocycles. The number of nitrogens with two attached hydrogens (primary N) is 1. The van der Waals surface area contributed by atoms with E-state index in [0.717, 1.165) is 0 Å². The highest BCUT2D eigenvalue weighted by molar-refractivity contribution is 5.20. The molecule has 0 aliphatic rings. The molecular formula is C2H2FN3O. The van der Waals surface area contributed by atoms with Gasteiger partial charge in [0, 0.05) is 0 Å². The monoisotopic (exact) mass is 103 g/mol. The Morgan fingerprint density at radius 1 is 1.57 bits per heavy atom. The predicted molar refractivity (Wildman–Crippen MR) is 18.7 cm³/mol. The number of hydrogen-bond donors (Lipinski definition) is 1. The average molecular weight is 103 g/mol. The van der Waals surface area contributed by atoms with Crippen LogP contribution in [0, 0.1) is 5.95 Å². The third kappa shape index (κ3) is 0.510. The van der Waals surface area contributed by atoms with Gasteiger partial charge < -0.3 is 5.73 Å². The Kier molecular flexibility index (Phi) is 0.680. The van der Waals surface area contributed by atoms with Crippen molar-refractivity contribution in [3.05, 3.63) is 5.95 Å². The molecular weight excluding hydrogens is 101 g/mol. The number of anilines is 1. The van der Waals surface area contributed by atoms with Gasteiger partial charge in [0.2, 0.25) is 5.82 Å². The third-order valence-corrected chi connectivity index (χ3v) is 0.472. The SMILES string of the molecule is Nc1nonc1F. The number of nitrogens with zero attached hydrogens (tertiary/aromatic N) is 2. The van der Waals surface area contributed by atoms with Crippen LogP contribution in [0.4, 0.5) is 10.2 Å². The average Bonchev–Trinajstić information content (AvgIpc) is 1.91. The largest absolute Gasteiger partial charge is 0.377 e. The van der Waals surface area contributed by atoms with E-state index in [0.29, 0.717) is 0 Å². The lowest BCUT2D eigenvalue weighted by molar-refractivity contribution is 0.289. The van der Waals surface area contributed by atoms with Crippen LogP contribution >= 0.6 is 0 Å². The van der Waals surface area contributed by atoms with Crippen molar-refractivity contribution in [2.24, 2.45) is 0 Å². The number of halogens is 1. The molecule has 1 rings (SSSR count). The molecule has 1 heterocycles. The van der Waals surface area contributed by atoms with E-state index in [2.05, 4.69) is 14.9 Å². The summed E-state index contributed by atoms with van der Waals surface area (Å²) in [4.78, 5) is 0. The molecule has 0 fully saturated rings. The van der Waals surface area contributed by atoms with Crippen LogP contribution in [0.15, 0.2) is 4.63 Å². The van der Waals surface area contributed by atoms with Crippen LogP contribution in [0.5, 0.6) is 0 Å². The maximum atomic E-state index is 11.7. The predicted octanol–water partition coefficient (Wildman–Crippen LogP) is -0.209. The highest BCUT2D eigenvalue weighted by Crippen LogP contribution is 1.97. The smallest absolute Gasteiger partial charge is 0.298 e. The van der Waals surface area contributed by atoms with Crippen LogP contribution in [0.2, 0.25) is 0 Å². The van der Waals surface area contributed by atoms with Gasteiger partial charge in [-0.15, -0.1) is 0 Å². The van der Waals surface area contributed by atoms with Crippen molar-refractivity contribution < 1.29 is 9.02 Å². The molecule has 0 unspecified atom stereocenters. The van der Waals surface area contributed by atoms with Crippen molar-refractivity contribution in [2.75, 3.05) is 5.73 Å². The Labute approximate surface area is 38.1 Å². The van der Waals surface area contributed by atoms with Crippen molar-refractivity contribution in [1.82, 2.24) is 10.3 Å². The second-order valence-electron chi connectivity index (χ2n) is 0.940. The molecule has 0 saturated heterocycles. The van der Waals surface area contributed by atoms with Gasteiger partial charge >= 0.3 is 0 Å². The van der Waals surface area contributed by atoms with Crippen molar-refractivity contribution in [1.29, 1.82) is 0 Å². The van der Waals surface area contributed by atoms with Crippen LogP contribution in [-0.2, 0) is 0 Å². The molecule has 0 aromatic carbocycles. The number of rotatable bonds is 0. The normalized spacial score (nSPS) is 9.29. The minimum absolute atomic E-state index is 0.306. The third-order valence-electron chi connectivity index (χ3n) is 0.472. The zero-order valence-corrected chi connectivity index (χ0v) is 3.26. The fourth-order valence-corrected chi connectivity index (χ4v) is 0.185. The standard InChI is InChI=1S/C2H2FN3O/c3-1-2(4)6-7-5-1/h(H2,4,6). The molecule has 0 bridgehead atoms. The molecule has 0 aliphatic carbocycles. The summed E-state index contributed by atoms with van der Waals surface area (Å²) < 4.78 is 15.5. The Morgan fingerprint density at radius 2 is 2.29 bits per heavy atom. The first-order chi connectivity index (χ1) is 3.30. The van der Waals surface area contributed by atoms with Gasteiger partial charge in [-0.1, -0.05) is 0 Å². The molecule has 38 valence electrons. The van der Waals surface area contributed by atoms with Crippen LogP contribution in [0.3, 0.4) is 0 Å². The molecule has 5 heteroatoms. The van der Waals surface area contributed by atoms with Gasteiger partial charge in [0.1, 0.15) is 0 Å². The fourth-order valence-electron chi connectivity index (χ4n) is 0.185. The fraction of sp³-hybridized carbons (Fsp3) is 0. The summed E-state index contributed by atoms with van der Waals surface area (Å²) in [5.41, 5.74) is 4.80. The van der Waals surface area contributed by atoms with Crippen molar-refractivity contribution in [3.63, 3.8) is 0 Å². The van der Waals surface area contributed by atoms with E-state index >= 15 is 0 Å². The summed E-state index contributed by atoms with van der Waals surface area (Å²) in [7, 11) is 0. The summed E-state index contributed by atoms with van der Waals surface area (Å²) in [5, 5.41) is 5.67. The van der Waals surface area contributed by atoms with Gasteiger partial charge in [0.15, 0.2) is 0 Å². The Bertz CT molecular complexity index is 145. The molecule has 0 aliphatic heterocycles. The minimum Gasteiger partial charge on any atom is -0.377 e. The molecule has 0 radical (unpaired) electrons. The molecule has 0 saturated carbocycles. The Balaban J connectivity index is 3.12. The first-order valence-electron chi connectivity index (χ1n) is 1.54. The highest BCUT2D eigenvalue weighted by Gasteiger charge is 1.99. The quantitative estimate of drug-likeness (QED) is 0.493. The number of aromatic nitrogens is 2. The maximum Gasteiger partial charge on any atom is 0.298 e. The summed E-state index contributed by atoms with van der Waals surface area (Å²) in [5.74, 6) is -1.17. The van der Waals surface area contributed by atoms with Crippen LogP contribution < -0.4 is 5.73 Å². The lowest BCUT2D eigenvalue weighted by Gasteiger charge is -1.68. The highest BCUT2D eigenvalue weighted by atomic mass is 19.1. The van der Waals surface area contributed by atoms with Crippen molar-refractivity contribution in [2.45, 2.75) is 0 Å². The van der Waals surface area contributed by atoms with E-state index in [1.54, 1.807) is 0 Å². The van der Waals surface area contributed by atoms with Crippen LogP contribution in [-0.4, -0.2) is 10.3 Å². The summed E-state index contributed by atoms with van der Waals surface area (Å²) >= 11 is 0.